The van der Waals surface area contributed by atoms with Crippen LogP contribution in [0.15, 0.2) is 67.4 Å². The molecule has 0 aliphatic carbocycles. The number of hydrogen-bond donors (Lipinski definition) is 2. The number of methoxy groups -OCH3 is 1. The van der Waals surface area contributed by atoms with Gasteiger partial charge in [0.15, 0.2) is 11.6 Å². The van der Waals surface area contributed by atoms with Gasteiger partial charge >= 0.3 is 0 Å². The van der Waals surface area contributed by atoms with Gasteiger partial charge in [0.2, 0.25) is 5.88 Å². The number of pyridine rings is 2. The van der Waals surface area contributed by atoms with Crippen molar-refractivity contribution in [2.75, 3.05) is 25.5 Å². The molecule has 1 atom stereocenters. The lowest BCUT2D eigenvalue weighted by Crippen LogP contribution is -2.22. The van der Waals surface area contributed by atoms with Crippen LogP contribution in [0.25, 0.3) is 39.5 Å². The van der Waals surface area contributed by atoms with Gasteiger partial charge in [0.05, 0.1) is 29.4 Å². The summed E-state index contributed by atoms with van der Waals surface area (Å²) in [5, 5.41) is 13.6. The van der Waals surface area contributed by atoms with Crippen LogP contribution in [-0.2, 0) is 6.54 Å². The van der Waals surface area contributed by atoms with Crippen molar-refractivity contribution in [2.45, 2.75) is 32.4 Å². The SMILES string of the molecule is C=Cc1cnc2c(Nc3cccc(-c4cccc(-c5ccc(CN6CC[C@H](O)C6)c(OC)n5)c4Cl)c3C)nc(C(F)F)nc2c1. The fourth-order valence-corrected chi connectivity index (χ4v) is 5.91. The van der Waals surface area contributed by atoms with Crippen LogP contribution in [0.2, 0.25) is 5.02 Å². The topological polar surface area (TPSA) is 96.3 Å². The Labute approximate surface area is 264 Å². The lowest BCUT2D eigenvalue weighted by molar-refractivity contribution is 0.141. The van der Waals surface area contributed by atoms with E-state index < -0.39 is 12.2 Å². The van der Waals surface area contributed by atoms with E-state index in [9.17, 15) is 13.9 Å². The molecule has 2 aromatic carbocycles. The van der Waals surface area contributed by atoms with E-state index in [1.807, 2.05) is 55.5 Å². The molecule has 4 heterocycles. The maximum absolute atomic E-state index is 13.7. The lowest BCUT2D eigenvalue weighted by Gasteiger charge is -2.18. The van der Waals surface area contributed by atoms with Crippen LogP contribution in [0.1, 0.15) is 35.4 Å². The van der Waals surface area contributed by atoms with E-state index >= 15 is 0 Å². The molecular formula is C34H31ClF2N6O2. The Hall–Kier alpha value is -4.51. The van der Waals surface area contributed by atoms with Crippen LogP contribution in [0.3, 0.4) is 0 Å². The maximum Gasteiger partial charge on any atom is 0.297 e. The molecule has 5 aromatic rings. The van der Waals surface area contributed by atoms with Crippen LogP contribution in [-0.4, -0.2) is 56.2 Å². The van der Waals surface area contributed by atoms with E-state index in [1.165, 1.54) is 0 Å². The molecule has 0 spiro atoms. The second kappa shape index (κ2) is 12.8. The Balaban J connectivity index is 1.35. The standard InChI is InChI=1S/C34H31ClF2N6O2/c1-4-20-15-28-30(38-16-20)32(42-33(40-28)31(36)37)39-26-10-6-7-23(19(26)2)24-8-5-9-25(29(24)35)27-12-11-21(34(41-27)45-3)17-43-14-13-22(44)18-43/h4-12,15-16,22,31,44H,1,13-14,17-18H2,2-3H3,(H,39,40,42)/t22-/m0/s1. The van der Waals surface area contributed by atoms with E-state index in [2.05, 4.69) is 31.7 Å². The van der Waals surface area contributed by atoms with Crippen LogP contribution in [0.4, 0.5) is 20.3 Å². The molecule has 0 bridgehead atoms. The fraction of sp³-hybridized carbons (Fsp3) is 0.235. The molecule has 0 unspecified atom stereocenters. The second-order valence-electron chi connectivity index (χ2n) is 10.9. The number of ether oxygens (including phenoxy) is 1. The van der Waals surface area contributed by atoms with Gasteiger partial charge in [0, 0.05) is 48.2 Å². The number of alkyl halides is 2. The highest BCUT2D eigenvalue weighted by Crippen LogP contribution is 2.40. The van der Waals surface area contributed by atoms with Crippen LogP contribution >= 0.6 is 11.6 Å². The van der Waals surface area contributed by atoms with Crippen molar-refractivity contribution in [3.63, 3.8) is 0 Å². The van der Waals surface area contributed by atoms with E-state index in [4.69, 9.17) is 21.3 Å². The number of β-amino-alcohol motifs (C(OH)–C–C–N with tert-alkyl or cyclic N) is 1. The summed E-state index contributed by atoms with van der Waals surface area (Å²) in [6.45, 7) is 7.72. The van der Waals surface area contributed by atoms with E-state index in [0.717, 1.165) is 40.8 Å². The Morgan fingerprint density at radius 3 is 2.62 bits per heavy atom. The highest BCUT2D eigenvalue weighted by atomic mass is 35.5. The molecule has 0 saturated carbocycles. The molecule has 1 fully saturated rings. The van der Waals surface area contributed by atoms with Crippen LogP contribution < -0.4 is 10.1 Å². The number of benzene rings is 2. The second-order valence-corrected chi connectivity index (χ2v) is 11.3. The summed E-state index contributed by atoms with van der Waals surface area (Å²) >= 11 is 7.05. The number of hydrogen-bond acceptors (Lipinski definition) is 8. The summed E-state index contributed by atoms with van der Waals surface area (Å²) in [5.74, 6) is 0.0853. The van der Waals surface area contributed by atoms with Gasteiger partial charge in [-0.3, -0.25) is 9.88 Å². The molecular weight excluding hydrogens is 598 g/mol. The highest BCUT2D eigenvalue weighted by Gasteiger charge is 2.23. The number of halogens is 3. The number of rotatable bonds is 9. The minimum atomic E-state index is -2.86. The van der Waals surface area contributed by atoms with E-state index in [1.54, 1.807) is 25.4 Å². The number of nitrogens with zero attached hydrogens (tertiary/aromatic N) is 5. The third-order valence-electron chi connectivity index (χ3n) is 7.93. The van der Waals surface area contributed by atoms with Crippen molar-refractivity contribution >= 4 is 40.2 Å². The average molecular weight is 629 g/mol. The molecule has 8 nitrogen and oxygen atoms in total. The predicted octanol–water partition coefficient (Wildman–Crippen LogP) is 7.62. The maximum atomic E-state index is 13.7. The van der Waals surface area contributed by atoms with Gasteiger partial charge in [-0.25, -0.2) is 23.7 Å². The minimum absolute atomic E-state index is 0.172. The number of nitrogens with one attached hydrogen (secondary N) is 1. The minimum Gasteiger partial charge on any atom is -0.481 e. The molecule has 3 aromatic heterocycles. The molecule has 11 heteroatoms. The largest absolute Gasteiger partial charge is 0.481 e. The summed E-state index contributed by atoms with van der Waals surface area (Å²) in [6, 6.07) is 17.0. The van der Waals surface area contributed by atoms with Crippen molar-refractivity contribution in [1.82, 2.24) is 24.8 Å². The number of fused-ring (bicyclic) bond motifs is 1. The first-order valence-corrected chi connectivity index (χ1v) is 14.8. The summed E-state index contributed by atoms with van der Waals surface area (Å²) < 4.78 is 33.1. The molecule has 0 radical (unpaired) electrons. The summed E-state index contributed by atoms with van der Waals surface area (Å²) in [7, 11) is 1.59. The van der Waals surface area contributed by atoms with Crippen molar-refractivity contribution in [2.24, 2.45) is 0 Å². The third-order valence-corrected chi connectivity index (χ3v) is 8.34. The number of aliphatic hydroxyl groups excluding tert-OH is 1. The number of likely N-dealkylation sites (tertiary alicyclic amines) is 1. The number of aromatic nitrogens is 4. The first kappa shape index (κ1) is 30.5. The Bertz CT molecular complexity index is 1900. The first-order chi connectivity index (χ1) is 21.7. The zero-order valence-electron chi connectivity index (χ0n) is 24.8. The van der Waals surface area contributed by atoms with Gasteiger partial charge in [-0.1, -0.05) is 60.7 Å². The quantitative estimate of drug-likeness (QED) is 0.172. The van der Waals surface area contributed by atoms with Crippen molar-refractivity contribution < 1.29 is 18.6 Å². The number of anilines is 2. The molecule has 2 N–H and O–H groups in total. The Morgan fingerprint density at radius 1 is 1.11 bits per heavy atom. The molecule has 45 heavy (non-hydrogen) atoms. The van der Waals surface area contributed by atoms with Crippen molar-refractivity contribution in [1.29, 1.82) is 0 Å². The third kappa shape index (κ3) is 6.22. The summed E-state index contributed by atoms with van der Waals surface area (Å²) in [5.41, 5.74) is 6.74. The Morgan fingerprint density at radius 2 is 1.89 bits per heavy atom. The van der Waals surface area contributed by atoms with Gasteiger partial charge in [-0.15, -0.1) is 0 Å². The average Bonchev–Trinajstić information content (AvgIpc) is 3.46. The van der Waals surface area contributed by atoms with Gasteiger partial charge in [-0.05, 0) is 48.2 Å². The zero-order valence-corrected chi connectivity index (χ0v) is 25.5. The molecule has 6 rings (SSSR count). The van der Waals surface area contributed by atoms with Crippen LogP contribution in [0, 0.1) is 6.92 Å². The van der Waals surface area contributed by atoms with Crippen molar-refractivity contribution in [3.05, 3.63) is 94.9 Å². The van der Waals surface area contributed by atoms with Crippen LogP contribution in [0.5, 0.6) is 5.88 Å². The zero-order chi connectivity index (χ0) is 31.7. The predicted molar refractivity (Wildman–Crippen MR) is 173 cm³/mol. The van der Waals surface area contributed by atoms with Gasteiger partial charge in [0.1, 0.15) is 5.52 Å². The molecule has 1 aliphatic rings. The summed E-state index contributed by atoms with van der Waals surface area (Å²) in [4.78, 5) is 19.5. The fourth-order valence-electron chi connectivity index (χ4n) is 5.59. The van der Waals surface area contributed by atoms with Gasteiger partial charge < -0.3 is 15.2 Å². The molecule has 230 valence electrons. The smallest absolute Gasteiger partial charge is 0.297 e. The molecule has 1 aliphatic heterocycles. The van der Waals surface area contributed by atoms with Gasteiger partial charge in [-0.2, -0.15) is 0 Å². The van der Waals surface area contributed by atoms with E-state index in [-0.39, 0.29) is 17.4 Å². The number of aliphatic hydroxyl groups is 1. The Kier molecular flexibility index (Phi) is 8.71. The van der Waals surface area contributed by atoms with Crippen molar-refractivity contribution in [3.8, 4) is 28.3 Å². The lowest BCUT2D eigenvalue weighted by atomic mass is 9.96. The van der Waals surface area contributed by atoms with E-state index in [0.29, 0.717) is 46.5 Å². The monoisotopic (exact) mass is 628 g/mol. The van der Waals surface area contributed by atoms with Gasteiger partial charge in [0.25, 0.3) is 6.43 Å². The molecule has 1 saturated heterocycles. The normalized spacial score (nSPS) is 15.1. The molecule has 0 amide bonds. The summed E-state index contributed by atoms with van der Waals surface area (Å²) in [6.07, 6.45) is 0.764. The first-order valence-electron chi connectivity index (χ1n) is 14.4. The highest BCUT2D eigenvalue weighted by molar-refractivity contribution is 6.36.